The number of halogens is 1. The molecule has 0 aliphatic carbocycles. The Hall–Kier alpha value is -3.02. The fourth-order valence-electron chi connectivity index (χ4n) is 2.01. The van der Waals surface area contributed by atoms with Crippen LogP contribution in [-0.2, 0) is 0 Å². The molecule has 0 aliphatic rings. The van der Waals surface area contributed by atoms with Crippen molar-refractivity contribution in [3.05, 3.63) is 60.0 Å². The lowest BCUT2D eigenvalue weighted by molar-refractivity contribution is 0.481. The minimum atomic E-state index is -0.299. The van der Waals surface area contributed by atoms with Gasteiger partial charge < -0.3 is 4.74 Å². The zero-order valence-corrected chi connectivity index (χ0v) is 11.8. The number of nitrogens with zero attached hydrogens (tertiary/aromatic N) is 3. The number of rotatable bonds is 4. The number of hydrogen-bond acceptors (Lipinski definition) is 4. The summed E-state index contributed by atoms with van der Waals surface area (Å²) in [5.74, 6) is 0.896. The second-order valence-electron chi connectivity index (χ2n) is 4.55. The molecule has 0 fully saturated rings. The van der Waals surface area contributed by atoms with Gasteiger partial charge in [0.25, 0.3) is 0 Å². The fourth-order valence-corrected chi connectivity index (χ4v) is 2.01. The van der Waals surface area contributed by atoms with E-state index >= 15 is 0 Å². The first-order valence-electron chi connectivity index (χ1n) is 6.63. The normalized spacial score (nSPS) is 11.0. The van der Waals surface area contributed by atoms with Gasteiger partial charge in [-0.05, 0) is 36.4 Å². The van der Waals surface area contributed by atoms with Gasteiger partial charge in [-0.1, -0.05) is 17.3 Å². The second kappa shape index (κ2) is 6.17. The minimum absolute atomic E-state index is 0.299. The van der Waals surface area contributed by atoms with E-state index in [1.807, 2.05) is 24.3 Å². The van der Waals surface area contributed by atoms with E-state index in [-0.39, 0.29) is 5.82 Å². The Balaban J connectivity index is 1.89. The Labute approximate surface area is 126 Å². The maximum absolute atomic E-state index is 12.9. The SMILES string of the molecule is C/N=C\c1[nH]nnc1-c1cccc(Oc2ccc(F)cc2)c1. The van der Waals surface area contributed by atoms with Gasteiger partial charge in [0.1, 0.15) is 28.7 Å². The first kappa shape index (κ1) is 13.9. The summed E-state index contributed by atoms with van der Waals surface area (Å²) in [4.78, 5) is 3.96. The Kier molecular flexibility index (Phi) is 3.91. The average Bonchev–Trinajstić information content (AvgIpc) is 2.99. The van der Waals surface area contributed by atoms with Crippen LogP contribution < -0.4 is 4.74 Å². The van der Waals surface area contributed by atoms with E-state index in [2.05, 4.69) is 20.4 Å². The largest absolute Gasteiger partial charge is 0.457 e. The highest BCUT2D eigenvalue weighted by Crippen LogP contribution is 2.27. The van der Waals surface area contributed by atoms with Crippen molar-refractivity contribution in [3.63, 3.8) is 0 Å². The summed E-state index contributed by atoms with van der Waals surface area (Å²) >= 11 is 0. The van der Waals surface area contributed by atoms with E-state index < -0.39 is 0 Å². The van der Waals surface area contributed by atoms with Crippen LogP contribution >= 0.6 is 0 Å². The quantitative estimate of drug-likeness (QED) is 0.750. The van der Waals surface area contributed by atoms with Gasteiger partial charge in [-0.25, -0.2) is 4.39 Å². The zero-order chi connectivity index (χ0) is 15.4. The maximum Gasteiger partial charge on any atom is 0.128 e. The molecule has 3 aromatic rings. The van der Waals surface area contributed by atoms with Crippen LogP contribution in [0.1, 0.15) is 5.69 Å². The summed E-state index contributed by atoms with van der Waals surface area (Å²) in [6.07, 6.45) is 1.66. The molecule has 0 amide bonds. The monoisotopic (exact) mass is 296 g/mol. The van der Waals surface area contributed by atoms with Crippen molar-refractivity contribution in [2.45, 2.75) is 0 Å². The number of aromatic nitrogens is 3. The summed E-state index contributed by atoms with van der Waals surface area (Å²) < 4.78 is 18.6. The third-order valence-corrected chi connectivity index (χ3v) is 2.99. The molecule has 3 rings (SSSR count). The summed E-state index contributed by atoms with van der Waals surface area (Å²) in [6.45, 7) is 0. The van der Waals surface area contributed by atoms with Gasteiger partial charge in [0.15, 0.2) is 0 Å². The molecule has 0 aliphatic heterocycles. The van der Waals surface area contributed by atoms with E-state index in [0.717, 1.165) is 11.3 Å². The molecule has 0 spiro atoms. The number of aromatic amines is 1. The van der Waals surface area contributed by atoms with Gasteiger partial charge in [0, 0.05) is 18.8 Å². The van der Waals surface area contributed by atoms with Gasteiger partial charge in [0.05, 0.1) is 0 Å². The van der Waals surface area contributed by atoms with Crippen molar-refractivity contribution in [3.8, 4) is 22.8 Å². The molecule has 0 bridgehead atoms. The molecule has 0 atom stereocenters. The van der Waals surface area contributed by atoms with Crippen molar-refractivity contribution >= 4 is 6.21 Å². The van der Waals surface area contributed by atoms with Gasteiger partial charge in [-0.15, -0.1) is 5.10 Å². The molecule has 0 saturated heterocycles. The Morgan fingerprint density at radius 1 is 1.14 bits per heavy atom. The molecule has 0 saturated carbocycles. The number of aliphatic imine (C=N–C) groups is 1. The van der Waals surface area contributed by atoms with E-state index in [1.165, 1.54) is 12.1 Å². The lowest BCUT2D eigenvalue weighted by atomic mass is 10.1. The third-order valence-electron chi connectivity index (χ3n) is 2.99. The predicted molar refractivity (Wildman–Crippen MR) is 81.8 cm³/mol. The van der Waals surface area contributed by atoms with E-state index in [0.29, 0.717) is 17.2 Å². The Morgan fingerprint density at radius 2 is 1.95 bits per heavy atom. The summed E-state index contributed by atoms with van der Waals surface area (Å²) in [5, 5.41) is 10.6. The maximum atomic E-state index is 12.9. The van der Waals surface area contributed by atoms with E-state index in [9.17, 15) is 4.39 Å². The van der Waals surface area contributed by atoms with Crippen LogP contribution in [0.25, 0.3) is 11.3 Å². The number of H-pyrrole nitrogens is 1. The first-order valence-corrected chi connectivity index (χ1v) is 6.63. The Bertz CT molecular complexity index is 796. The highest BCUT2D eigenvalue weighted by molar-refractivity contribution is 5.86. The van der Waals surface area contributed by atoms with Crippen LogP contribution in [0.5, 0.6) is 11.5 Å². The molecule has 0 unspecified atom stereocenters. The van der Waals surface area contributed by atoms with Crippen LogP contribution in [0, 0.1) is 5.82 Å². The number of hydrogen-bond donors (Lipinski definition) is 1. The second-order valence-corrected chi connectivity index (χ2v) is 4.55. The number of benzene rings is 2. The molecule has 1 heterocycles. The summed E-state index contributed by atoms with van der Waals surface area (Å²) in [7, 11) is 1.68. The van der Waals surface area contributed by atoms with Crippen molar-refractivity contribution in [2.24, 2.45) is 4.99 Å². The number of ether oxygens (including phenoxy) is 1. The molecule has 2 aromatic carbocycles. The van der Waals surface area contributed by atoms with Crippen molar-refractivity contribution in [2.75, 3.05) is 7.05 Å². The highest BCUT2D eigenvalue weighted by Gasteiger charge is 2.09. The molecule has 1 N–H and O–H groups in total. The van der Waals surface area contributed by atoms with Crippen LogP contribution in [0.15, 0.2) is 53.5 Å². The summed E-state index contributed by atoms with van der Waals surface area (Å²) in [6, 6.07) is 13.3. The van der Waals surface area contributed by atoms with Crippen LogP contribution in [0.4, 0.5) is 4.39 Å². The van der Waals surface area contributed by atoms with E-state index in [1.54, 1.807) is 25.4 Å². The van der Waals surface area contributed by atoms with Gasteiger partial charge in [-0.2, -0.15) is 0 Å². The highest BCUT2D eigenvalue weighted by atomic mass is 19.1. The molecule has 22 heavy (non-hydrogen) atoms. The smallest absolute Gasteiger partial charge is 0.128 e. The van der Waals surface area contributed by atoms with Gasteiger partial charge in [-0.3, -0.25) is 10.1 Å². The molecule has 6 heteroatoms. The van der Waals surface area contributed by atoms with Gasteiger partial charge >= 0.3 is 0 Å². The molecule has 5 nitrogen and oxygen atoms in total. The van der Waals surface area contributed by atoms with Crippen molar-refractivity contribution < 1.29 is 9.13 Å². The molecular weight excluding hydrogens is 283 g/mol. The van der Waals surface area contributed by atoms with Crippen LogP contribution in [0.2, 0.25) is 0 Å². The third kappa shape index (κ3) is 3.01. The topological polar surface area (TPSA) is 63.2 Å². The van der Waals surface area contributed by atoms with Crippen molar-refractivity contribution in [1.29, 1.82) is 0 Å². The molecular formula is C16H13FN4O. The molecule has 110 valence electrons. The lowest BCUT2D eigenvalue weighted by Crippen LogP contribution is -1.89. The minimum Gasteiger partial charge on any atom is -0.457 e. The van der Waals surface area contributed by atoms with E-state index in [4.69, 9.17) is 4.74 Å². The standard InChI is InChI=1S/C16H13FN4O/c1-18-10-15-16(20-21-19-15)11-3-2-4-14(9-11)22-13-7-5-12(17)6-8-13/h2-10H,1H3,(H,19,20,21)/b18-10-. The predicted octanol–water partition coefficient (Wildman–Crippen LogP) is 3.45. The zero-order valence-electron chi connectivity index (χ0n) is 11.8. The van der Waals surface area contributed by atoms with Gasteiger partial charge in [0.2, 0.25) is 0 Å². The lowest BCUT2D eigenvalue weighted by Gasteiger charge is -2.07. The van der Waals surface area contributed by atoms with Crippen LogP contribution in [-0.4, -0.2) is 28.7 Å². The molecule has 0 radical (unpaired) electrons. The molecule has 1 aromatic heterocycles. The first-order chi connectivity index (χ1) is 10.8. The van der Waals surface area contributed by atoms with Crippen molar-refractivity contribution in [1.82, 2.24) is 15.4 Å². The van der Waals surface area contributed by atoms with Crippen LogP contribution in [0.3, 0.4) is 0 Å². The summed E-state index contributed by atoms with van der Waals surface area (Å²) in [5.41, 5.74) is 2.26. The number of nitrogens with one attached hydrogen (secondary N) is 1. The fraction of sp³-hybridized carbons (Fsp3) is 0.0625. The Morgan fingerprint density at radius 3 is 2.73 bits per heavy atom. The average molecular weight is 296 g/mol.